The van der Waals surface area contributed by atoms with E-state index in [4.69, 9.17) is 0 Å². The average molecular weight is 259 g/mol. The van der Waals surface area contributed by atoms with Crippen molar-refractivity contribution in [3.8, 4) is 0 Å². The van der Waals surface area contributed by atoms with Gasteiger partial charge in [0.1, 0.15) is 0 Å². The molecule has 19 heavy (non-hydrogen) atoms. The summed E-state index contributed by atoms with van der Waals surface area (Å²) in [6, 6.07) is 6.74. The van der Waals surface area contributed by atoms with Crippen molar-refractivity contribution in [1.29, 1.82) is 0 Å². The SMILES string of the molecule is C=CCNC(=O)Nc1ccc(NC(=O)C2CC2)cc1. The van der Waals surface area contributed by atoms with Crippen LogP contribution < -0.4 is 16.0 Å². The number of amides is 3. The maximum absolute atomic E-state index is 11.6. The Labute approximate surface area is 112 Å². The van der Waals surface area contributed by atoms with Crippen molar-refractivity contribution in [2.45, 2.75) is 12.8 Å². The van der Waals surface area contributed by atoms with Crippen LogP contribution in [0.5, 0.6) is 0 Å². The standard InChI is InChI=1S/C14H17N3O2/c1-2-9-15-14(19)17-12-7-5-11(6-8-12)16-13(18)10-3-4-10/h2,5-8,10H,1,3-4,9H2,(H,16,18)(H2,15,17,19). The van der Waals surface area contributed by atoms with Crippen molar-refractivity contribution in [2.75, 3.05) is 17.2 Å². The van der Waals surface area contributed by atoms with Crippen molar-refractivity contribution >= 4 is 23.3 Å². The summed E-state index contributed by atoms with van der Waals surface area (Å²) in [4.78, 5) is 22.9. The van der Waals surface area contributed by atoms with E-state index in [2.05, 4.69) is 22.5 Å². The lowest BCUT2D eigenvalue weighted by atomic mass is 10.2. The number of carbonyl (C=O) groups excluding carboxylic acids is 2. The summed E-state index contributed by atoms with van der Waals surface area (Å²) in [5, 5.41) is 8.13. The van der Waals surface area contributed by atoms with E-state index in [-0.39, 0.29) is 17.9 Å². The van der Waals surface area contributed by atoms with Gasteiger partial charge in [-0.1, -0.05) is 6.08 Å². The summed E-state index contributed by atoms with van der Waals surface area (Å²) in [6.07, 6.45) is 3.57. The first-order valence-corrected chi connectivity index (χ1v) is 6.25. The van der Waals surface area contributed by atoms with Crippen LogP contribution in [-0.4, -0.2) is 18.5 Å². The number of rotatable bonds is 5. The van der Waals surface area contributed by atoms with E-state index < -0.39 is 0 Å². The molecule has 0 spiro atoms. The number of benzene rings is 1. The zero-order chi connectivity index (χ0) is 13.7. The number of hydrogen-bond acceptors (Lipinski definition) is 2. The monoisotopic (exact) mass is 259 g/mol. The van der Waals surface area contributed by atoms with E-state index in [1.807, 2.05) is 0 Å². The van der Waals surface area contributed by atoms with Crippen LogP contribution in [0.15, 0.2) is 36.9 Å². The van der Waals surface area contributed by atoms with Gasteiger partial charge in [-0.15, -0.1) is 6.58 Å². The largest absolute Gasteiger partial charge is 0.334 e. The third-order valence-corrected chi connectivity index (χ3v) is 2.77. The van der Waals surface area contributed by atoms with Crippen molar-refractivity contribution in [1.82, 2.24) is 5.32 Å². The fourth-order valence-electron chi connectivity index (χ4n) is 1.57. The van der Waals surface area contributed by atoms with Gasteiger partial charge in [0.15, 0.2) is 0 Å². The second-order valence-electron chi connectivity index (χ2n) is 4.46. The van der Waals surface area contributed by atoms with Gasteiger partial charge in [0.2, 0.25) is 5.91 Å². The Kier molecular flexibility index (Phi) is 4.18. The molecule has 0 heterocycles. The number of hydrogen-bond donors (Lipinski definition) is 3. The first kappa shape index (κ1) is 13.1. The second kappa shape index (κ2) is 6.04. The van der Waals surface area contributed by atoms with Gasteiger partial charge in [-0.2, -0.15) is 0 Å². The number of carbonyl (C=O) groups is 2. The molecule has 0 radical (unpaired) electrons. The molecule has 2 rings (SSSR count). The highest BCUT2D eigenvalue weighted by molar-refractivity contribution is 5.94. The zero-order valence-electron chi connectivity index (χ0n) is 10.6. The third-order valence-electron chi connectivity index (χ3n) is 2.77. The van der Waals surface area contributed by atoms with Crippen LogP contribution in [0.1, 0.15) is 12.8 Å². The van der Waals surface area contributed by atoms with Gasteiger partial charge < -0.3 is 16.0 Å². The van der Waals surface area contributed by atoms with Crippen molar-refractivity contribution in [3.05, 3.63) is 36.9 Å². The molecule has 0 unspecified atom stereocenters. The molecule has 1 aliphatic carbocycles. The van der Waals surface area contributed by atoms with Gasteiger partial charge in [0.05, 0.1) is 0 Å². The van der Waals surface area contributed by atoms with Crippen LogP contribution in [0.3, 0.4) is 0 Å². The van der Waals surface area contributed by atoms with E-state index in [1.165, 1.54) is 0 Å². The maximum atomic E-state index is 11.6. The summed E-state index contributed by atoms with van der Waals surface area (Å²) < 4.78 is 0. The molecule has 1 aromatic rings. The topological polar surface area (TPSA) is 70.2 Å². The van der Waals surface area contributed by atoms with E-state index in [9.17, 15) is 9.59 Å². The summed E-state index contributed by atoms with van der Waals surface area (Å²) in [6.45, 7) is 3.93. The van der Waals surface area contributed by atoms with Gasteiger partial charge in [-0.3, -0.25) is 4.79 Å². The first-order valence-electron chi connectivity index (χ1n) is 6.25. The molecule has 1 aliphatic rings. The lowest BCUT2D eigenvalue weighted by Gasteiger charge is -2.08. The molecule has 1 fully saturated rings. The zero-order valence-corrected chi connectivity index (χ0v) is 10.6. The molecule has 100 valence electrons. The lowest BCUT2D eigenvalue weighted by Crippen LogP contribution is -2.28. The summed E-state index contributed by atoms with van der Waals surface area (Å²) in [7, 11) is 0. The van der Waals surface area contributed by atoms with Crippen LogP contribution >= 0.6 is 0 Å². The number of anilines is 2. The highest BCUT2D eigenvalue weighted by Gasteiger charge is 2.29. The van der Waals surface area contributed by atoms with Crippen LogP contribution in [0.4, 0.5) is 16.2 Å². The van der Waals surface area contributed by atoms with Crippen molar-refractivity contribution in [3.63, 3.8) is 0 Å². The highest BCUT2D eigenvalue weighted by atomic mass is 16.2. The molecule has 0 aliphatic heterocycles. The van der Waals surface area contributed by atoms with E-state index in [0.717, 1.165) is 18.5 Å². The fourth-order valence-corrected chi connectivity index (χ4v) is 1.57. The maximum Gasteiger partial charge on any atom is 0.319 e. The van der Waals surface area contributed by atoms with E-state index in [1.54, 1.807) is 30.3 Å². The highest BCUT2D eigenvalue weighted by Crippen LogP contribution is 2.30. The fraction of sp³-hybridized carbons (Fsp3) is 0.286. The Morgan fingerprint density at radius 1 is 1.16 bits per heavy atom. The Bertz CT molecular complexity index is 478. The van der Waals surface area contributed by atoms with Crippen LogP contribution in [0.25, 0.3) is 0 Å². The molecule has 1 saturated carbocycles. The lowest BCUT2D eigenvalue weighted by molar-refractivity contribution is -0.117. The van der Waals surface area contributed by atoms with Gasteiger partial charge in [0, 0.05) is 23.8 Å². The molecular weight excluding hydrogens is 242 g/mol. The molecule has 3 N–H and O–H groups in total. The Morgan fingerprint density at radius 3 is 2.26 bits per heavy atom. The molecule has 0 atom stereocenters. The summed E-state index contributed by atoms with van der Waals surface area (Å²) in [5.74, 6) is 0.256. The molecule has 5 heteroatoms. The van der Waals surface area contributed by atoms with Crippen LogP contribution in [-0.2, 0) is 4.79 Å². The second-order valence-corrected chi connectivity index (χ2v) is 4.46. The van der Waals surface area contributed by atoms with Crippen molar-refractivity contribution in [2.24, 2.45) is 5.92 Å². The minimum atomic E-state index is -0.283. The van der Waals surface area contributed by atoms with Crippen LogP contribution in [0.2, 0.25) is 0 Å². The molecular formula is C14H17N3O2. The van der Waals surface area contributed by atoms with Crippen molar-refractivity contribution < 1.29 is 9.59 Å². The average Bonchev–Trinajstić information content (AvgIpc) is 3.23. The van der Waals surface area contributed by atoms with E-state index in [0.29, 0.717) is 12.2 Å². The van der Waals surface area contributed by atoms with E-state index >= 15 is 0 Å². The minimum Gasteiger partial charge on any atom is -0.334 e. The Balaban J connectivity index is 1.85. The first-order chi connectivity index (χ1) is 9.19. The predicted octanol–water partition coefficient (Wildman–Crippen LogP) is 2.34. The molecule has 0 aromatic heterocycles. The predicted molar refractivity (Wildman–Crippen MR) is 75.0 cm³/mol. The normalized spacial score (nSPS) is 13.5. The third kappa shape index (κ3) is 4.13. The van der Waals surface area contributed by atoms with Gasteiger partial charge >= 0.3 is 6.03 Å². The molecule has 5 nitrogen and oxygen atoms in total. The molecule has 0 bridgehead atoms. The smallest absolute Gasteiger partial charge is 0.319 e. The molecule has 1 aromatic carbocycles. The quantitative estimate of drug-likeness (QED) is 0.710. The Hall–Kier alpha value is -2.30. The van der Waals surface area contributed by atoms with Gasteiger partial charge in [-0.25, -0.2) is 4.79 Å². The molecule has 3 amide bonds. The summed E-state index contributed by atoms with van der Waals surface area (Å²) >= 11 is 0. The van der Waals surface area contributed by atoms with Gasteiger partial charge in [-0.05, 0) is 37.1 Å². The summed E-state index contributed by atoms with van der Waals surface area (Å²) in [5.41, 5.74) is 1.42. The van der Waals surface area contributed by atoms with Gasteiger partial charge in [0.25, 0.3) is 0 Å². The number of nitrogens with one attached hydrogen (secondary N) is 3. The van der Waals surface area contributed by atoms with Crippen LogP contribution in [0, 0.1) is 5.92 Å². The molecule has 0 saturated heterocycles. The Morgan fingerprint density at radius 2 is 1.74 bits per heavy atom. The number of urea groups is 1. The minimum absolute atomic E-state index is 0.0736.